The van der Waals surface area contributed by atoms with Gasteiger partial charge in [0.05, 0.1) is 22.5 Å². The van der Waals surface area contributed by atoms with Gasteiger partial charge in [0.15, 0.2) is 0 Å². The zero-order valence-electron chi connectivity index (χ0n) is 11.5. The molecule has 1 aromatic carbocycles. The number of carbonyl (C=O) groups excluding carboxylic acids is 1. The molecular weight excluding hydrogens is 282 g/mol. The van der Waals surface area contributed by atoms with Crippen LogP contribution in [0.2, 0.25) is 0 Å². The molecule has 1 aromatic heterocycles. The topological polar surface area (TPSA) is 54.4 Å². The normalized spacial score (nSPS) is 18.3. The number of rotatable bonds is 3. The van der Waals surface area contributed by atoms with Crippen molar-refractivity contribution in [1.29, 1.82) is 0 Å². The summed E-state index contributed by atoms with van der Waals surface area (Å²) < 4.78 is 1.15. The molecule has 2 heterocycles. The Morgan fingerprint density at radius 1 is 1.29 bits per heavy atom. The monoisotopic (exact) mass is 297 g/mol. The molecule has 0 atom stereocenters. The first-order chi connectivity index (χ1) is 10.3. The van der Waals surface area contributed by atoms with E-state index in [0.717, 1.165) is 45.9 Å². The van der Waals surface area contributed by atoms with Crippen LogP contribution in [0.1, 0.15) is 24.3 Å². The van der Waals surface area contributed by atoms with E-state index in [9.17, 15) is 4.79 Å². The second-order valence-electron chi connectivity index (χ2n) is 5.41. The number of fused-ring (bicyclic) bond motifs is 1. The molecule has 2 aromatic rings. The molecular formula is C16H15N3OS. The number of para-hydroxylation sites is 1. The van der Waals surface area contributed by atoms with Gasteiger partial charge < -0.3 is 5.32 Å². The number of carbonyl (C=O) groups is 1. The summed E-state index contributed by atoms with van der Waals surface area (Å²) in [6.45, 7) is 0.617. The minimum absolute atomic E-state index is 0.128. The fourth-order valence-electron chi connectivity index (χ4n) is 2.58. The van der Waals surface area contributed by atoms with Crippen molar-refractivity contribution in [2.75, 3.05) is 6.54 Å². The first kappa shape index (κ1) is 12.7. The Balaban J connectivity index is 1.59. The second kappa shape index (κ2) is 5.07. The number of nitrogens with one attached hydrogen (secondary N) is 1. The van der Waals surface area contributed by atoms with E-state index in [-0.39, 0.29) is 11.8 Å². The van der Waals surface area contributed by atoms with E-state index in [1.807, 2.05) is 24.3 Å². The average Bonchev–Trinajstić information content (AvgIpc) is 3.01. The fourth-order valence-corrected chi connectivity index (χ4v) is 3.57. The lowest BCUT2D eigenvalue weighted by Gasteiger charge is -2.24. The molecule has 1 N–H and O–H groups in total. The van der Waals surface area contributed by atoms with E-state index in [0.29, 0.717) is 6.54 Å². The van der Waals surface area contributed by atoms with E-state index in [4.69, 9.17) is 0 Å². The number of allylic oxidation sites excluding steroid dienone is 1. The Hall–Kier alpha value is -2.01. The molecule has 4 rings (SSSR count). The summed E-state index contributed by atoms with van der Waals surface area (Å²) >= 11 is 1.62. The summed E-state index contributed by atoms with van der Waals surface area (Å²) in [6, 6.07) is 8.05. The van der Waals surface area contributed by atoms with Crippen molar-refractivity contribution in [1.82, 2.24) is 10.3 Å². The molecule has 0 unspecified atom stereocenters. The molecule has 1 amide bonds. The maximum Gasteiger partial charge on any atom is 0.227 e. The Morgan fingerprint density at radius 2 is 2.14 bits per heavy atom. The Labute approximate surface area is 126 Å². The van der Waals surface area contributed by atoms with Gasteiger partial charge in [-0.05, 0) is 31.1 Å². The van der Waals surface area contributed by atoms with E-state index >= 15 is 0 Å². The highest BCUT2D eigenvalue weighted by Gasteiger charge is 2.28. The van der Waals surface area contributed by atoms with Gasteiger partial charge in [-0.25, -0.2) is 4.98 Å². The number of nitrogens with zero attached hydrogens (tertiary/aromatic N) is 2. The third kappa shape index (κ3) is 2.27. The van der Waals surface area contributed by atoms with Crippen LogP contribution in [0, 0.1) is 5.92 Å². The van der Waals surface area contributed by atoms with E-state index in [1.165, 1.54) is 0 Å². The molecule has 1 saturated carbocycles. The lowest BCUT2D eigenvalue weighted by Crippen LogP contribution is -2.35. The lowest BCUT2D eigenvalue weighted by molar-refractivity contribution is -0.126. The standard InChI is InChI=1S/C16H15N3OS/c20-15(10-4-3-5-10)18-12-8-9-17-14(12)16-19-11-6-1-2-7-13(11)21-16/h1-2,6-8,10H,3-5,9H2,(H,18,20). The molecule has 0 bridgehead atoms. The Bertz CT molecular complexity index is 738. The van der Waals surface area contributed by atoms with Gasteiger partial charge in [0.25, 0.3) is 0 Å². The van der Waals surface area contributed by atoms with Crippen molar-refractivity contribution in [2.45, 2.75) is 19.3 Å². The maximum atomic E-state index is 12.1. The van der Waals surface area contributed by atoms with Crippen LogP contribution in [-0.4, -0.2) is 23.1 Å². The third-order valence-corrected chi connectivity index (χ3v) is 5.07. The molecule has 5 heteroatoms. The van der Waals surface area contributed by atoms with Crippen LogP contribution in [0.3, 0.4) is 0 Å². The summed E-state index contributed by atoms with van der Waals surface area (Å²) in [4.78, 5) is 21.2. The first-order valence-corrected chi connectivity index (χ1v) is 8.05. The third-order valence-electron chi connectivity index (χ3n) is 4.03. The zero-order valence-corrected chi connectivity index (χ0v) is 12.3. The summed E-state index contributed by atoms with van der Waals surface area (Å²) in [5, 5.41) is 3.91. The van der Waals surface area contributed by atoms with Crippen molar-refractivity contribution in [3.8, 4) is 0 Å². The van der Waals surface area contributed by atoms with Crippen LogP contribution in [0.5, 0.6) is 0 Å². The molecule has 106 valence electrons. The summed E-state index contributed by atoms with van der Waals surface area (Å²) in [6.07, 6.45) is 5.15. The van der Waals surface area contributed by atoms with Crippen LogP contribution >= 0.6 is 11.3 Å². The molecule has 21 heavy (non-hydrogen) atoms. The molecule has 1 aliphatic heterocycles. The van der Waals surface area contributed by atoms with E-state index < -0.39 is 0 Å². The maximum absolute atomic E-state index is 12.1. The number of thiazole rings is 1. The smallest absolute Gasteiger partial charge is 0.227 e. The molecule has 2 aliphatic rings. The largest absolute Gasteiger partial charge is 0.324 e. The lowest BCUT2D eigenvalue weighted by atomic mass is 9.85. The van der Waals surface area contributed by atoms with Crippen molar-refractivity contribution in [3.05, 3.63) is 41.0 Å². The van der Waals surface area contributed by atoms with Crippen molar-refractivity contribution >= 4 is 33.2 Å². The Kier molecular flexibility index (Phi) is 3.07. The van der Waals surface area contributed by atoms with Gasteiger partial charge in [-0.2, -0.15) is 0 Å². The summed E-state index contributed by atoms with van der Waals surface area (Å²) in [5.41, 5.74) is 2.63. The summed E-state index contributed by atoms with van der Waals surface area (Å²) in [5.74, 6) is 0.311. The van der Waals surface area contributed by atoms with Gasteiger partial charge in [0.1, 0.15) is 10.7 Å². The highest BCUT2D eigenvalue weighted by Crippen LogP contribution is 2.28. The van der Waals surface area contributed by atoms with Crippen molar-refractivity contribution < 1.29 is 4.79 Å². The van der Waals surface area contributed by atoms with Gasteiger partial charge in [-0.15, -0.1) is 11.3 Å². The fraction of sp³-hybridized carbons (Fsp3) is 0.312. The Morgan fingerprint density at radius 3 is 2.90 bits per heavy atom. The van der Waals surface area contributed by atoms with E-state index in [1.54, 1.807) is 11.3 Å². The minimum atomic E-state index is 0.128. The van der Waals surface area contributed by atoms with Crippen molar-refractivity contribution in [2.24, 2.45) is 10.9 Å². The van der Waals surface area contributed by atoms with Gasteiger partial charge in [-0.1, -0.05) is 18.6 Å². The molecule has 0 spiro atoms. The van der Waals surface area contributed by atoms with Crippen LogP contribution in [-0.2, 0) is 4.79 Å². The molecule has 4 nitrogen and oxygen atoms in total. The number of hydrogen-bond acceptors (Lipinski definition) is 4. The molecule has 1 fully saturated rings. The number of benzene rings is 1. The van der Waals surface area contributed by atoms with Crippen LogP contribution in [0.25, 0.3) is 10.2 Å². The van der Waals surface area contributed by atoms with Gasteiger partial charge in [0.2, 0.25) is 5.91 Å². The predicted octanol–water partition coefficient (Wildman–Crippen LogP) is 2.90. The van der Waals surface area contributed by atoms with Crippen molar-refractivity contribution in [3.63, 3.8) is 0 Å². The second-order valence-corrected chi connectivity index (χ2v) is 6.44. The van der Waals surface area contributed by atoms with Gasteiger partial charge >= 0.3 is 0 Å². The number of aliphatic imine (C=N–C) groups is 1. The van der Waals surface area contributed by atoms with Crippen LogP contribution in [0.15, 0.2) is 41.0 Å². The van der Waals surface area contributed by atoms with Gasteiger partial charge in [-0.3, -0.25) is 9.79 Å². The van der Waals surface area contributed by atoms with Gasteiger partial charge in [0, 0.05) is 5.92 Å². The number of aromatic nitrogens is 1. The number of amides is 1. The molecule has 0 radical (unpaired) electrons. The summed E-state index contributed by atoms with van der Waals surface area (Å²) in [7, 11) is 0. The quantitative estimate of drug-likeness (QED) is 0.947. The molecule has 0 saturated heterocycles. The first-order valence-electron chi connectivity index (χ1n) is 7.23. The highest BCUT2D eigenvalue weighted by atomic mass is 32.1. The SMILES string of the molecule is O=C(NC1=CCN=C1c1nc2ccccc2s1)C1CCC1. The average molecular weight is 297 g/mol. The van der Waals surface area contributed by atoms with Crippen LogP contribution in [0.4, 0.5) is 0 Å². The van der Waals surface area contributed by atoms with Crippen LogP contribution < -0.4 is 5.32 Å². The predicted molar refractivity (Wildman–Crippen MR) is 84.6 cm³/mol. The molecule has 1 aliphatic carbocycles. The minimum Gasteiger partial charge on any atom is -0.324 e. The number of hydrogen-bond donors (Lipinski definition) is 1. The zero-order chi connectivity index (χ0) is 14.2. The highest BCUT2D eigenvalue weighted by molar-refractivity contribution is 7.20. The van der Waals surface area contributed by atoms with E-state index in [2.05, 4.69) is 21.4 Å².